The Morgan fingerprint density at radius 2 is 2.07 bits per heavy atom. The van der Waals surface area contributed by atoms with Gasteiger partial charge in [0.05, 0.1) is 0 Å². The Hall–Kier alpha value is -0.990. The number of nitrogens with zero attached hydrogens (tertiary/aromatic N) is 1. The molecule has 0 amide bonds. The number of rotatable bonds is 6. The fraction of sp³-hybridized carbons (Fsp3) is 0.333. The van der Waals surface area contributed by atoms with E-state index in [-0.39, 0.29) is 0 Å². The van der Waals surface area contributed by atoms with Crippen LogP contribution in [0, 0.1) is 0 Å². The largest absolute Gasteiger partial charge is 0.492 e. The summed E-state index contributed by atoms with van der Waals surface area (Å²) in [5, 5.41) is 0.728. The SMILES string of the molecule is C=CCN(C)CCOc1ccc(Cl)cc1. The second-order valence-electron chi connectivity index (χ2n) is 3.35. The summed E-state index contributed by atoms with van der Waals surface area (Å²) < 4.78 is 5.54. The minimum atomic E-state index is 0.673. The summed E-state index contributed by atoms with van der Waals surface area (Å²) in [7, 11) is 2.03. The van der Waals surface area contributed by atoms with Crippen molar-refractivity contribution in [2.45, 2.75) is 0 Å². The molecule has 0 spiro atoms. The number of likely N-dealkylation sites (N-methyl/N-ethyl adjacent to an activating group) is 1. The summed E-state index contributed by atoms with van der Waals surface area (Å²) in [6.07, 6.45) is 1.88. The Labute approximate surface area is 96.1 Å². The monoisotopic (exact) mass is 225 g/mol. The second-order valence-corrected chi connectivity index (χ2v) is 3.79. The van der Waals surface area contributed by atoms with E-state index in [1.807, 2.05) is 37.4 Å². The van der Waals surface area contributed by atoms with Gasteiger partial charge in [0, 0.05) is 18.1 Å². The van der Waals surface area contributed by atoms with Crippen molar-refractivity contribution in [3.05, 3.63) is 41.9 Å². The van der Waals surface area contributed by atoms with Crippen molar-refractivity contribution in [2.75, 3.05) is 26.7 Å². The van der Waals surface area contributed by atoms with Gasteiger partial charge in [0.1, 0.15) is 12.4 Å². The highest BCUT2D eigenvalue weighted by Gasteiger charge is 1.96. The van der Waals surface area contributed by atoms with E-state index >= 15 is 0 Å². The molecule has 0 unspecified atom stereocenters. The highest BCUT2D eigenvalue weighted by molar-refractivity contribution is 6.30. The van der Waals surface area contributed by atoms with Crippen LogP contribution in [0.3, 0.4) is 0 Å². The molecule has 0 saturated carbocycles. The van der Waals surface area contributed by atoms with E-state index < -0.39 is 0 Å². The zero-order valence-corrected chi connectivity index (χ0v) is 9.70. The molecule has 0 bridgehead atoms. The van der Waals surface area contributed by atoms with Gasteiger partial charge in [-0.15, -0.1) is 6.58 Å². The van der Waals surface area contributed by atoms with Crippen molar-refractivity contribution in [1.29, 1.82) is 0 Å². The molecule has 0 saturated heterocycles. The summed E-state index contributed by atoms with van der Waals surface area (Å²) in [5.74, 6) is 0.853. The predicted octanol–water partition coefficient (Wildman–Crippen LogP) is 2.84. The van der Waals surface area contributed by atoms with Gasteiger partial charge in [-0.1, -0.05) is 17.7 Å². The third kappa shape index (κ3) is 4.86. The van der Waals surface area contributed by atoms with E-state index in [1.54, 1.807) is 0 Å². The molecule has 0 aliphatic rings. The lowest BCUT2D eigenvalue weighted by molar-refractivity contribution is 0.250. The lowest BCUT2D eigenvalue weighted by Gasteiger charge is -2.14. The number of benzene rings is 1. The van der Waals surface area contributed by atoms with Crippen molar-refractivity contribution in [2.24, 2.45) is 0 Å². The van der Waals surface area contributed by atoms with Crippen molar-refractivity contribution < 1.29 is 4.74 Å². The van der Waals surface area contributed by atoms with E-state index in [9.17, 15) is 0 Å². The first kappa shape index (κ1) is 12.1. The van der Waals surface area contributed by atoms with E-state index in [1.165, 1.54) is 0 Å². The molecule has 3 heteroatoms. The highest BCUT2D eigenvalue weighted by atomic mass is 35.5. The Morgan fingerprint density at radius 1 is 1.40 bits per heavy atom. The van der Waals surface area contributed by atoms with Gasteiger partial charge in [-0.3, -0.25) is 4.90 Å². The summed E-state index contributed by atoms with van der Waals surface area (Å²) in [6.45, 7) is 6.11. The van der Waals surface area contributed by atoms with Crippen LogP contribution in [-0.2, 0) is 0 Å². The van der Waals surface area contributed by atoms with Crippen molar-refractivity contribution >= 4 is 11.6 Å². The van der Waals surface area contributed by atoms with Gasteiger partial charge < -0.3 is 4.74 Å². The quantitative estimate of drug-likeness (QED) is 0.691. The fourth-order valence-electron chi connectivity index (χ4n) is 1.16. The Morgan fingerprint density at radius 3 is 2.67 bits per heavy atom. The van der Waals surface area contributed by atoms with Crippen LogP contribution in [0.15, 0.2) is 36.9 Å². The van der Waals surface area contributed by atoms with Crippen LogP contribution in [0.5, 0.6) is 5.75 Å². The topological polar surface area (TPSA) is 12.5 Å². The van der Waals surface area contributed by atoms with E-state index in [0.717, 1.165) is 23.9 Å². The maximum absolute atomic E-state index is 5.76. The molecule has 1 aromatic carbocycles. The van der Waals surface area contributed by atoms with Gasteiger partial charge in [0.2, 0.25) is 0 Å². The molecule has 82 valence electrons. The predicted molar refractivity (Wildman–Crippen MR) is 64.6 cm³/mol. The molecule has 15 heavy (non-hydrogen) atoms. The fourth-order valence-corrected chi connectivity index (χ4v) is 1.29. The smallest absolute Gasteiger partial charge is 0.119 e. The molecule has 0 radical (unpaired) electrons. The summed E-state index contributed by atoms with van der Waals surface area (Å²) in [6, 6.07) is 7.39. The van der Waals surface area contributed by atoms with Gasteiger partial charge in [0.15, 0.2) is 0 Å². The van der Waals surface area contributed by atoms with Gasteiger partial charge in [0.25, 0.3) is 0 Å². The van der Waals surface area contributed by atoms with Crippen LogP contribution in [-0.4, -0.2) is 31.6 Å². The van der Waals surface area contributed by atoms with Gasteiger partial charge in [-0.2, -0.15) is 0 Å². The maximum atomic E-state index is 5.76. The van der Waals surface area contributed by atoms with Crippen LogP contribution in [0.25, 0.3) is 0 Å². The molecule has 2 nitrogen and oxygen atoms in total. The number of hydrogen-bond donors (Lipinski definition) is 0. The van der Waals surface area contributed by atoms with E-state index in [4.69, 9.17) is 16.3 Å². The summed E-state index contributed by atoms with van der Waals surface area (Å²) in [5.41, 5.74) is 0. The van der Waals surface area contributed by atoms with Crippen molar-refractivity contribution in [1.82, 2.24) is 4.90 Å². The second kappa shape index (κ2) is 6.49. The van der Waals surface area contributed by atoms with Crippen molar-refractivity contribution in [3.63, 3.8) is 0 Å². The average molecular weight is 226 g/mol. The minimum absolute atomic E-state index is 0.673. The van der Waals surface area contributed by atoms with Crippen molar-refractivity contribution in [3.8, 4) is 5.75 Å². The first-order chi connectivity index (χ1) is 7.22. The average Bonchev–Trinajstić information content (AvgIpc) is 2.21. The molecular formula is C12H16ClNO. The molecule has 0 aliphatic carbocycles. The molecule has 1 aromatic rings. The number of halogens is 1. The minimum Gasteiger partial charge on any atom is -0.492 e. The first-order valence-corrected chi connectivity index (χ1v) is 5.28. The highest BCUT2D eigenvalue weighted by Crippen LogP contribution is 2.15. The van der Waals surface area contributed by atoms with Gasteiger partial charge in [-0.05, 0) is 31.3 Å². The molecule has 0 N–H and O–H groups in total. The molecule has 0 heterocycles. The molecule has 0 fully saturated rings. The van der Waals surface area contributed by atoms with Crippen LogP contribution in [0.4, 0.5) is 0 Å². The molecule has 0 aromatic heterocycles. The zero-order valence-electron chi connectivity index (χ0n) is 8.95. The Bertz CT molecular complexity index is 297. The van der Waals surface area contributed by atoms with Crippen LogP contribution in [0.1, 0.15) is 0 Å². The lowest BCUT2D eigenvalue weighted by atomic mass is 10.3. The third-order valence-corrected chi connectivity index (χ3v) is 2.25. The van der Waals surface area contributed by atoms with Crippen LogP contribution in [0.2, 0.25) is 5.02 Å². The summed E-state index contributed by atoms with van der Waals surface area (Å²) in [4.78, 5) is 2.14. The Kier molecular flexibility index (Phi) is 5.22. The van der Waals surface area contributed by atoms with Gasteiger partial charge in [-0.25, -0.2) is 0 Å². The third-order valence-electron chi connectivity index (χ3n) is 2.00. The molecule has 1 rings (SSSR count). The first-order valence-electron chi connectivity index (χ1n) is 4.90. The normalized spacial score (nSPS) is 10.3. The summed E-state index contributed by atoms with van der Waals surface area (Å²) >= 11 is 5.76. The maximum Gasteiger partial charge on any atom is 0.119 e. The Balaban J connectivity index is 2.25. The van der Waals surface area contributed by atoms with Gasteiger partial charge >= 0.3 is 0 Å². The number of ether oxygens (including phenoxy) is 1. The number of hydrogen-bond acceptors (Lipinski definition) is 2. The van der Waals surface area contributed by atoms with Crippen LogP contribution >= 0.6 is 11.6 Å². The van der Waals surface area contributed by atoms with Crippen LogP contribution < -0.4 is 4.74 Å². The lowest BCUT2D eigenvalue weighted by Crippen LogP contribution is -2.24. The zero-order chi connectivity index (χ0) is 11.1. The van der Waals surface area contributed by atoms with E-state index in [0.29, 0.717) is 6.61 Å². The van der Waals surface area contributed by atoms with E-state index in [2.05, 4.69) is 11.5 Å². The standard InChI is InChI=1S/C12H16ClNO/c1-3-8-14(2)9-10-15-12-6-4-11(13)5-7-12/h3-7H,1,8-10H2,2H3. The molecule has 0 atom stereocenters. The molecular weight excluding hydrogens is 210 g/mol. The molecule has 0 aliphatic heterocycles.